The molecule has 0 heterocycles. The Morgan fingerprint density at radius 1 is 0.857 bits per heavy atom. The molecule has 28 heavy (non-hydrogen) atoms. The van der Waals surface area contributed by atoms with Crippen molar-refractivity contribution in [3.8, 4) is 28.4 Å². The summed E-state index contributed by atoms with van der Waals surface area (Å²) in [5, 5.41) is 0. The largest absolute Gasteiger partial charge is 0.496 e. The molecule has 0 saturated carbocycles. The van der Waals surface area contributed by atoms with Crippen LogP contribution in [0.2, 0.25) is 0 Å². The van der Waals surface area contributed by atoms with E-state index in [0.717, 1.165) is 39.5 Å². The molecule has 0 radical (unpaired) electrons. The van der Waals surface area contributed by atoms with Crippen LogP contribution in [0.15, 0.2) is 36.4 Å². The monoisotopic (exact) mass is 382 g/mol. The first-order valence-electron chi connectivity index (χ1n) is 10.1. The number of methoxy groups -OCH3 is 1. The molecule has 0 aliphatic rings. The normalized spacial score (nSPS) is 11.5. The van der Waals surface area contributed by atoms with Gasteiger partial charge >= 0.3 is 0 Å². The number of benzene rings is 2. The van der Waals surface area contributed by atoms with Crippen molar-refractivity contribution in [1.29, 1.82) is 0 Å². The molecule has 0 atom stereocenters. The molecule has 0 saturated heterocycles. The predicted molar refractivity (Wildman–Crippen MR) is 119 cm³/mol. The molecule has 0 spiro atoms. The van der Waals surface area contributed by atoms with Gasteiger partial charge in [0.15, 0.2) is 11.5 Å². The third kappa shape index (κ3) is 5.79. The Labute approximate surface area is 170 Å². The maximum Gasteiger partial charge on any atom is 0.161 e. The molecule has 0 fully saturated rings. The average molecular weight is 383 g/mol. The molecule has 0 bridgehead atoms. The highest BCUT2D eigenvalue weighted by Crippen LogP contribution is 2.37. The molecule has 3 heteroatoms. The Morgan fingerprint density at radius 3 is 2.07 bits per heavy atom. The summed E-state index contributed by atoms with van der Waals surface area (Å²) < 4.78 is 17.6. The third-order valence-corrected chi connectivity index (χ3v) is 4.31. The second kappa shape index (κ2) is 10.2. The van der Waals surface area contributed by atoms with Crippen LogP contribution in [-0.2, 0) is 0 Å². The van der Waals surface area contributed by atoms with E-state index in [0.29, 0.717) is 25.0 Å². The number of hydrogen-bond acceptors (Lipinski definition) is 3. The fourth-order valence-corrected chi connectivity index (χ4v) is 2.91. The number of hydrogen-bond donors (Lipinski definition) is 0. The molecule has 3 nitrogen and oxygen atoms in total. The Bertz CT molecular complexity index is 804. The van der Waals surface area contributed by atoms with Crippen molar-refractivity contribution < 1.29 is 14.2 Å². The molecule has 0 aromatic heterocycles. The van der Waals surface area contributed by atoms with Crippen LogP contribution in [0.4, 0.5) is 0 Å². The highest BCUT2D eigenvalue weighted by Gasteiger charge is 2.13. The zero-order chi connectivity index (χ0) is 20.7. The summed E-state index contributed by atoms with van der Waals surface area (Å²) >= 11 is 0. The lowest BCUT2D eigenvalue weighted by molar-refractivity contribution is 0.229. The fourth-order valence-electron chi connectivity index (χ4n) is 2.91. The van der Waals surface area contributed by atoms with Crippen molar-refractivity contribution in [2.75, 3.05) is 20.3 Å². The highest BCUT2D eigenvalue weighted by atomic mass is 16.5. The fraction of sp³-hybridized carbons (Fsp3) is 0.440. The van der Waals surface area contributed by atoms with Crippen LogP contribution in [0.3, 0.4) is 0 Å². The van der Waals surface area contributed by atoms with Gasteiger partial charge in [0.25, 0.3) is 0 Å². The van der Waals surface area contributed by atoms with Crippen LogP contribution < -0.4 is 14.2 Å². The summed E-state index contributed by atoms with van der Waals surface area (Å²) in [6.45, 7) is 14.0. The van der Waals surface area contributed by atoms with Crippen LogP contribution in [0.5, 0.6) is 17.2 Å². The summed E-state index contributed by atoms with van der Waals surface area (Å²) in [5.41, 5.74) is 4.49. The molecule has 0 aliphatic carbocycles. The number of allylic oxidation sites excluding steroid dienone is 1. The Hall–Kier alpha value is -2.42. The first-order chi connectivity index (χ1) is 13.3. The zero-order valence-electron chi connectivity index (χ0n) is 18.3. The summed E-state index contributed by atoms with van der Waals surface area (Å²) in [4.78, 5) is 0. The summed E-state index contributed by atoms with van der Waals surface area (Å²) in [6.07, 6.45) is 4.15. The van der Waals surface area contributed by atoms with E-state index in [1.165, 1.54) is 0 Å². The van der Waals surface area contributed by atoms with Crippen LogP contribution in [0.1, 0.15) is 45.7 Å². The van der Waals surface area contributed by atoms with E-state index in [2.05, 4.69) is 65.0 Å². The van der Waals surface area contributed by atoms with Crippen molar-refractivity contribution >= 4 is 6.08 Å². The van der Waals surface area contributed by atoms with Gasteiger partial charge in [0.1, 0.15) is 5.75 Å². The van der Waals surface area contributed by atoms with Crippen molar-refractivity contribution in [3.05, 3.63) is 47.5 Å². The highest BCUT2D eigenvalue weighted by molar-refractivity contribution is 5.78. The van der Waals surface area contributed by atoms with Gasteiger partial charge in [-0.3, -0.25) is 0 Å². The van der Waals surface area contributed by atoms with Gasteiger partial charge in [-0.25, -0.2) is 0 Å². The smallest absolute Gasteiger partial charge is 0.161 e. The Morgan fingerprint density at radius 2 is 1.50 bits per heavy atom. The van der Waals surface area contributed by atoms with Gasteiger partial charge in [-0.2, -0.15) is 0 Å². The van der Waals surface area contributed by atoms with Crippen LogP contribution in [0, 0.1) is 18.8 Å². The van der Waals surface area contributed by atoms with Gasteiger partial charge in [0.2, 0.25) is 0 Å². The molecule has 0 aliphatic heterocycles. The quantitative estimate of drug-likeness (QED) is 0.479. The van der Waals surface area contributed by atoms with Gasteiger partial charge in [0.05, 0.1) is 20.3 Å². The third-order valence-electron chi connectivity index (χ3n) is 4.31. The molecule has 2 aromatic carbocycles. The topological polar surface area (TPSA) is 27.7 Å². The molecule has 0 unspecified atom stereocenters. The molecule has 0 amide bonds. The van der Waals surface area contributed by atoms with Crippen molar-refractivity contribution in [1.82, 2.24) is 0 Å². The standard InChI is InChI=1S/C25H34O3/c1-8-9-20-13-24(26-7)19(6)12-22(20)21-10-11-23(27-15-17(2)3)25(14-21)28-16-18(4)5/h8-14,17-18H,15-16H2,1-7H3/b9-8+. The van der Waals surface area contributed by atoms with Gasteiger partial charge < -0.3 is 14.2 Å². The Balaban J connectivity index is 2.50. The summed E-state index contributed by atoms with van der Waals surface area (Å²) in [6, 6.07) is 10.5. The van der Waals surface area contributed by atoms with Crippen molar-refractivity contribution in [2.45, 2.75) is 41.5 Å². The number of ether oxygens (including phenoxy) is 3. The second-order valence-corrected chi connectivity index (χ2v) is 7.98. The van der Waals surface area contributed by atoms with Crippen LogP contribution in [0.25, 0.3) is 17.2 Å². The van der Waals surface area contributed by atoms with Crippen LogP contribution >= 0.6 is 0 Å². The van der Waals surface area contributed by atoms with Gasteiger partial charge in [-0.15, -0.1) is 0 Å². The molecule has 0 N–H and O–H groups in total. The SMILES string of the molecule is C/C=C/c1cc(OC)c(C)cc1-c1ccc(OCC(C)C)c(OCC(C)C)c1. The maximum atomic E-state index is 6.10. The minimum absolute atomic E-state index is 0.448. The van der Waals surface area contributed by atoms with E-state index in [9.17, 15) is 0 Å². The average Bonchev–Trinajstić information content (AvgIpc) is 2.66. The molecule has 152 valence electrons. The lowest BCUT2D eigenvalue weighted by Crippen LogP contribution is -2.09. The molecule has 2 rings (SSSR count). The maximum absolute atomic E-state index is 6.10. The molecule has 2 aromatic rings. The van der Waals surface area contributed by atoms with Gasteiger partial charge in [-0.1, -0.05) is 45.9 Å². The van der Waals surface area contributed by atoms with Crippen molar-refractivity contribution in [2.24, 2.45) is 11.8 Å². The second-order valence-electron chi connectivity index (χ2n) is 7.98. The summed E-state index contributed by atoms with van der Waals surface area (Å²) in [7, 11) is 1.71. The number of rotatable bonds is 9. The van der Waals surface area contributed by atoms with E-state index in [1.807, 2.05) is 19.1 Å². The molecular weight excluding hydrogens is 348 g/mol. The van der Waals surface area contributed by atoms with Gasteiger partial charge in [0, 0.05) is 0 Å². The summed E-state index contributed by atoms with van der Waals surface area (Å²) in [5.74, 6) is 3.40. The van der Waals surface area contributed by atoms with E-state index in [1.54, 1.807) is 7.11 Å². The lowest BCUT2D eigenvalue weighted by atomic mass is 9.96. The van der Waals surface area contributed by atoms with Crippen molar-refractivity contribution in [3.63, 3.8) is 0 Å². The van der Waals surface area contributed by atoms with Gasteiger partial charge in [-0.05, 0) is 72.2 Å². The Kier molecular flexibility index (Phi) is 7.98. The minimum atomic E-state index is 0.448. The predicted octanol–water partition coefficient (Wildman–Crippen LogP) is 6.77. The zero-order valence-corrected chi connectivity index (χ0v) is 18.3. The molecular formula is C25H34O3. The number of aryl methyl sites for hydroxylation is 1. The van der Waals surface area contributed by atoms with E-state index >= 15 is 0 Å². The first kappa shape index (κ1) is 21.9. The van der Waals surface area contributed by atoms with E-state index in [4.69, 9.17) is 14.2 Å². The van der Waals surface area contributed by atoms with E-state index in [-0.39, 0.29) is 0 Å². The van der Waals surface area contributed by atoms with Crippen LogP contribution in [-0.4, -0.2) is 20.3 Å². The first-order valence-corrected chi connectivity index (χ1v) is 10.1. The lowest BCUT2D eigenvalue weighted by Gasteiger charge is -2.18. The minimum Gasteiger partial charge on any atom is -0.496 e. The van der Waals surface area contributed by atoms with E-state index < -0.39 is 0 Å².